The van der Waals surface area contributed by atoms with Crippen LogP contribution in [0.15, 0.2) is 0 Å². The van der Waals surface area contributed by atoms with E-state index < -0.39 is 0 Å². The van der Waals surface area contributed by atoms with E-state index in [-0.39, 0.29) is 5.60 Å². The van der Waals surface area contributed by atoms with Crippen LogP contribution in [0.3, 0.4) is 0 Å². The Hall–Kier alpha value is -0.120. The van der Waals surface area contributed by atoms with E-state index in [4.69, 9.17) is 4.84 Å². The summed E-state index contributed by atoms with van der Waals surface area (Å²) in [4.78, 5) is 5.69. The highest BCUT2D eigenvalue weighted by Crippen LogP contribution is 2.22. The Balaban J connectivity index is 2.45. The number of hydroxylamine groups is 2. The van der Waals surface area contributed by atoms with Gasteiger partial charge in [-0.05, 0) is 33.2 Å². The molecule has 0 aromatic heterocycles. The molecule has 0 spiro atoms. The lowest BCUT2D eigenvalue weighted by Gasteiger charge is -2.33. The Morgan fingerprint density at radius 2 is 2.08 bits per heavy atom. The van der Waals surface area contributed by atoms with Crippen molar-refractivity contribution in [2.45, 2.75) is 38.3 Å². The van der Waals surface area contributed by atoms with Gasteiger partial charge in [-0.15, -0.1) is 0 Å². The molecule has 1 saturated heterocycles. The highest BCUT2D eigenvalue weighted by molar-refractivity contribution is 4.89. The van der Waals surface area contributed by atoms with Crippen molar-refractivity contribution in [2.75, 3.05) is 20.6 Å². The van der Waals surface area contributed by atoms with Crippen molar-refractivity contribution < 1.29 is 4.84 Å². The molecule has 72 valence electrons. The predicted molar refractivity (Wildman–Crippen MR) is 49.9 cm³/mol. The van der Waals surface area contributed by atoms with Crippen LogP contribution in [0.1, 0.15) is 26.7 Å². The van der Waals surface area contributed by atoms with Crippen LogP contribution in [0.2, 0.25) is 0 Å². The second kappa shape index (κ2) is 3.73. The summed E-state index contributed by atoms with van der Waals surface area (Å²) >= 11 is 0. The minimum Gasteiger partial charge on any atom is -0.311 e. The van der Waals surface area contributed by atoms with Gasteiger partial charge < -0.3 is 5.32 Å². The first-order chi connectivity index (χ1) is 5.52. The lowest BCUT2D eigenvalue weighted by Crippen LogP contribution is -2.47. The van der Waals surface area contributed by atoms with E-state index in [1.54, 1.807) is 5.06 Å². The van der Waals surface area contributed by atoms with E-state index in [2.05, 4.69) is 19.2 Å². The molecule has 1 fully saturated rings. The normalized spacial score (nSPS) is 25.2. The van der Waals surface area contributed by atoms with Gasteiger partial charge in [0.2, 0.25) is 0 Å². The van der Waals surface area contributed by atoms with Crippen LogP contribution in [-0.4, -0.2) is 37.3 Å². The van der Waals surface area contributed by atoms with Crippen molar-refractivity contribution >= 4 is 0 Å². The third kappa shape index (κ3) is 2.44. The summed E-state index contributed by atoms with van der Waals surface area (Å²) in [6.45, 7) is 5.40. The van der Waals surface area contributed by atoms with Crippen LogP contribution < -0.4 is 5.32 Å². The van der Waals surface area contributed by atoms with Gasteiger partial charge in [-0.25, -0.2) is 0 Å². The molecule has 0 saturated carbocycles. The second-order valence-electron chi connectivity index (χ2n) is 4.16. The fourth-order valence-electron chi connectivity index (χ4n) is 1.81. The van der Waals surface area contributed by atoms with Gasteiger partial charge in [0.25, 0.3) is 0 Å². The van der Waals surface area contributed by atoms with Gasteiger partial charge in [0, 0.05) is 20.1 Å². The van der Waals surface area contributed by atoms with E-state index in [0.717, 1.165) is 6.54 Å². The Labute approximate surface area is 75.0 Å². The van der Waals surface area contributed by atoms with Crippen LogP contribution in [0.25, 0.3) is 0 Å². The average molecular weight is 172 g/mol. The van der Waals surface area contributed by atoms with Crippen molar-refractivity contribution in [1.29, 1.82) is 0 Å². The van der Waals surface area contributed by atoms with Crippen LogP contribution in [0, 0.1) is 0 Å². The van der Waals surface area contributed by atoms with Gasteiger partial charge in [-0.2, -0.15) is 5.06 Å². The molecule has 1 aliphatic heterocycles. The Morgan fingerprint density at radius 1 is 1.42 bits per heavy atom. The minimum absolute atomic E-state index is 0.0833. The molecule has 1 aliphatic rings. The Bertz CT molecular complexity index is 139. The molecule has 3 nitrogen and oxygen atoms in total. The molecule has 1 heterocycles. The molecule has 0 aromatic rings. The second-order valence-corrected chi connectivity index (χ2v) is 4.16. The number of nitrogens with zero attached hydrogens (tertiary/aromatic N) is 1. The average Bonchev–Trinajstić information content (AvgIpc) is 2.32. The van der Waals surface area contributed by atoms with E-state index in [9.17, 15) is 0 Å². The van der Waals surface area contributed by atoms with E-state index in [1.165, 1.54) is 12.8 Å². The van der Waals surface area contributed by atoms with Crippen LogP contribution in [0.4, 0.5) is 0 Å². The molecule has 1 atom stereocenters. The van der Waals surface area contributed by atoms with E-state index in [1.807, 2.05) is 14.1 Å². The molecule has 1 unspecified atom stereocenters. The molecular formula is C9H20N2O. The third-order valence-electron chi connectivity index (χ3n) is 2.32. The molecular weight excluding hydrogens is 152 g/mol. The Kier molecular flexibility index (Phi) is 3.09. The number of hydrogen-bond donors (Lipinski definition) is 1. The summed E-state index contributed by atoms with van der Waals surface area (Å²) in [7, 11) is 3.85. The number of hydrogen-bond acceptors (Lipinski definition) is 3. The van der Waals surface area contributed by atoms with Crippen molar-refractivity contribution in [3.05, 3.63) is 0 Å². The van der Waals surface area contributed by atoms with Gasteiger partial charge in [-0.3, -0.25) is 4.84 Å². The first kappa shape index (κ1) is 9.96. The standard InChI is InChI=1S/C9H20N2O/c1-9(2,12-11(3)4)8-6-5-7-10-8/h8,10H,5-7H2,1-4H3. The van der Waals surface area contributed by atoms with E-state index >= 15 is 0 Å². The molecule has 0 radical (unpaired) electrons. The maximum absolute atomic E-state index is 5.69. The Morgan fingerprint density at radius 3 is 2.50 bits per heavy atom. The van der Waals surface area contributed by atoms with Crippen LogP contribution >= 0.6 is 0 Å². The molecule has 0 bridgehead atoms. The van der Waals surface area contributed by atoms with Gasteiger partial charge in [0.05, 0.1) is 5.60 Å². The smallest absolute Gasteiger partial charge is 0.0995 e. The molecule has 3 heteroatoms. The van der Waals surface area contributed by atoms with Gasteiger partial charge in [0.15, 0.2) is 0 Å². The summed E-state index contributed by atoms with van der Waals surface area (Å²) in [5.74, 6) is 0. The van der Waals surface area contributed by atoms with Crippen molar-refractivity contribution in [2.24, 2.45) is 0 Å². The highest BCUT2D eigenvalue weighted by atomic mass is 16.7. The first-order valence-electron chi connectivity index (χ1n) is 4.62. The van der Waals surface area contributed by atoms with Crippen molar-refractivity contribution in [1.82, 2.24) is 10.4 Å². The van der Waals surface area contributed by atoms with E-state index in [0.29, 0.717) is 6.04 Å². The van der Waals surface area contributed by atoms with Crippen LogP contribution in [0.5, 0.6) is 0 Å². The lowest BCUT2D eigenvalue weighted by atomic mass is 9.98. The highest BCUT2D eigenvalue weighted by Gasteiger charge is 2.33. The molecule has 12 heavy (non-hydrogen) atoms. The van der Waals surface area contributed by atoms with Gasteiger partial charge in [0.1, 0.15) is 0 Å². The van der Waals surface area contributed by atoms with Gasteiger partial charge >= 0.3 is 0 Å². The molecule has 0 aliphatic carbocycles. The molecule has 1 N–H and O–H groups in total. The number of nitrogens with one attached hydrogen (secondary N) is 1. The summed E-state index contributed by atoms with van der Waals surface area (Å²) in [5.41, 5.74) is -0.0833. The fraction of sp³-hybridized carbons (Fsp3) is 1.00. The maximum atomic E-state index is 5.69. The maximum Gasteiger partial charge on any atom is 0.0995 e. The van der Waals surface area contributed by atoms with Crippen molar-refractivity contribution in [3.8, 4) is 0 Å². The summed E-state index contributed by atoms with van der Waals surface area (Å²) in [6.07, 6.45) is 2.49. The predicted octanol–water partition coefficient (Wildman–Crippen LogP) is 1.01. The fourth-order valence-corrected chi connectivity index (χ4v) is 1.81. The van der Waals surface area contributed by atoms with Crippen LogP contribution in [-0.2, 0) is 4.84 Å². The molecule has 0 amide bonds. The largest absolute Gasteiger partial charge is 0.311 e. The first-order valence-corrected chi connectivity index (χ1v) is 4.62. The monoisotopic (exact) mass is 172 g/mol. The van der Waals surface area contributed by atoms with Gasteiger partial charge in [-0.1, -0.05) is 0 Å². The molecule has 0 aromatic carbocycles. The lowest BCUT2D eigenvalue weighted by molar-refractivity contribution is -0.215. The third-order valence-corrected chi connectivity index (χ3v) is 2.32. The quantitative estimate of drug-likeness (QED) is 0.643. The zero-order chi connectivity index (χ0) is 9.19. The summed E-state index contributed by atoms with van der Waals surface area (Å²) in [5, 5.41) is 5.23. The zero-order valence-electron chi connectivity index (χ0n) is 8.55. The molecule has 1 rings (SSSR count). The SMILES string of the molecule is CN(C)OC(C)(C)C1CCCN1. The summed E-state index contributed by atoms with van der Waals surface area (Å²) in [6, 6.07) is 0.500. The number of rotatable bonds is 3. The zero-order valence-corrected chi connectivity index (χ0v) is 8.55. The summed E-state index contributed by atoms with van der Waals surface area (Å²) < 4.78 is 0. The minimum atomic E-state index is -0.0833. The van der Waals surface area contributed by atoms with Crippen molar-refractivity contribution in [3.63, 3.8) is 0 Å². The topological polar surface area (TPSA) is 24.5 Å².